The first kappa shape index (κ1) is 11.4. The van der Waals surface area contributed by atoms with Gasteiger partial charge in [0.25, 0.3) is 0 Å². The fourth-order valence-corrected chi connectivity index (χ4v) is 2.63. The van der Waals surface area contributed by atoms with Crippen LogP contribution in [0.5, 0.6) is 0 Å². The van der Waals surface area contributed by atoms with Gasteiger partial charge in [-0.15, -0.1) is 11.8 Å². The van der Waals surface area contributed by atoms with Crippen LogP contribution in [0.25, 0.3) is 10.9 Å². The smallest absolute Gasteiger partial charge is 0.309 e. The van der Waals surface area contributed by atoms with Crippen LogP contribution in [0.2, 0.25) is 5.02 Å². The van der Waals surface area contributed by atoms with E-state index in [1.807, 2.05) is 18.4 Å². The summed E-state index contributed by atoms with van der Waals surface area (Å²) < 4.78 is 0. The summed E-state index contributed by atoms with van der Waals surface area (Å²) in [6, 6.07) is 5.50. The summed E-state index contributed by atoms with van der Waals surface area (Å²) in [7, 11) is 0. The van der Waals surface area contributed by atoms with E-state index < -0.39 is 5.97 Å². The number of hydrogen-bond donors (Lipinski definition) is 2. The predicted molar refractivity (Wildman–Crippen MR) is 66.4 cm³/mol. The second-order valence-corrected chi connectivity index (χ2v) is 4.65. The van der Waals surface area contributed by atoms with Crippen LogP contribution in [-0.4, -0.2) is 22.3 Å². The van der Waals surface area contributed by atoms with Gasteiger partial charge in [0.15, 0.2) is 0 Å². The van der Waals surface area contributed by atoms with E-state index in [2.05, 4.69) is 4.98 Å². The zero-order valence-electron chi connectivity index (χ0n) is 8.58. The van der Waals surface area contributed by atoms with Crippen molar-refractivity contribution in [3.05, 3.63) is 28.9 Å². The maximum Gasteiger partial charge on any atom is 0.309 e. The molecule has 0 bridgehead atoms. The second kappa shape index (κ2) is 4.39. The van der Waals surface area contributed by atoms with Crippen molar-refractivity contribution in [3.63, 3.8) is 0 Å². The van der Waals surface area contributed by atoms with Gasteiger partial charge < -0.3 is 10.1 Å². The van der Waals surface area contributed by atoms with E-state index in [1.54, 1.807) is 6.07 Å². The van der Waals surface area contributed by atoms with Crippen molar-refractivity contribution in [2.45, 2.75) is 11.3 Å². The lowest BCUT2D eigenvalue weighted by molar-refractivity contribution is -0.136. The molecule has 0 unspecified atom stereocenters. The molecule has 2 N–H and O–H groups in total. The van der Waals surface area contributed by atoms with Crippen LogP contribution in [0.3, 0.4) is 0 Å². The Morgan fingerprint density at radius 2 is 2.31 bits per heavy atom. The Morgan fingerprint density at radius 3 is 2.94 bits per heavy atom. The van der Waals surface area contributed by atoms with E-state index in [4.69, 9.17) is 16.7 Å². The Balaban J connectivity index is 2.62. The van der Waals surface area contributed by atoms with Gasteiger partial charge >= 0.3 is 5.97 Å². The minimum Gasteiger partial charge on any atom is -0.481 e. The lowest BCUT2D eigenvalue weighted by Gasteiger charge is -1.97. The van der Waals surface area contributed by atoms with Crippen LogP contribution in [0, 0.1) is 0 Å². The summed E-state index contributed by atoms with van der Waals surface area (Å²) in [6.07, 6.45) is 1.93. The minimum atomic E-state index is -0.840. The quantitative estimate of drug-likeness (QED) is 0.829. The molecule has 3 nitrogen and oxygen atoms in total. The number of benzene rings is 1. The fourth-order valence-electron chi connectivity index (χ4n) is 1.70. The number of H-pyrrole nitrogens is 1. The molecule has 2 rings (SSSR count). The van der Waals surface area contributed by atoms with Crippen molar-refractivity contribution < 1.29 is 9.90 Å². The van der Waals surface area contributed by atoms with Gasteiger partial charge in [0, 0.05) is 26.5 Å². The molecule has 0 amide bonds. The Hall–Kier alpha value is -1.13. The number of halogens is 1. The molecule has 0 aliphatic carbocycles. The predicted octanol–water partition coefficient (Wildman–Crippen LogP) is 3.17. The maximum absolute atomic E-state index is 10.7. The van der Waals surface area contributed by atoms with Crippen molar-refractivity contribution >= 4 is 40.2 Å². The van der Waals surface area contributed by atoms with Crippen LogP contribution in [0.1, 0.15) is 5.69 Å². The number of aromatic nitrogens is 1. The fraction of sp³-hybridized carbons (Fsp3) is 0.182. The highest BCUT2D eigenvalue weighted by Gasteiger charge is 2.13. The van der Waals surface area contributed by atoms with E-state index in [0.717, 1.165) is 21.5 Å². The number of hydrogen-bond acceptors (Lipinski definition) is 2. The van der Waals surface area contributed by atoms with Crippen LogP contribution in [0.4, 0.5) is 0 Å². The first-order valence-corrected chi connectivity index (χ1v) is 6.28. The van der Waals surface area contributed by atoms with E-state index in [9.17, 15) is 4.79 Å². The molecular weight excluding hydrogens is 246 g/mol. The van der Waals surface area contributed by atoms with Crippen molar-refractivity contribution in [2.24, 2.45) is 0 Å². The molecule has 0 atom stereocenters. The molecule has 1 heterocycles. The van der Waals surface area contributed by atoms with Gasteiger partial charge in [0.1, 0.15) is 0 Å². The number of aliphatic carboxylic acids is 1. The number of aromatic amines is 1. The molecule has 1 aromatic carbocycles. The summed E-state index contributed by atoms with van der Waals surface area (Å²) in [4.78, 5) is 14.8. The van der Waals surface area contributed by atoms with Gasteiger partial charge in [0.2, 0.25) is 0 Å². The van der Waals surface area contributed by atoms with E-state index in [0.29, 0.717) is 5.02 Å². The number of carbonyl (C=O) groups is 1. The van der Waals surface area contributed by atoms with Gasteiger partial charge in [0.05, 0.1) is 6.42 Å². The molecule has 2 aromatic rings. The highest BCUT2D eigenvalue weighted by molar-refractivity contribution is 7.98. The zero-order chi connectivity index (χ0) is 11.7. The van der Waals surface area contributed by atoms with Crippen molar-refractivity contribution in [3.8, 4) is 0 Å². The Morgan fingerprint density at radius 1 is 1.56 bits per heavy atom. The third kappa shape index (κ3) is 2.03. The summed E-state index contributed by atoms with van der Waals surface area (Å²) in [5, 5.41) is 10.5. The SMILES string of the molecule is CSc1c(CC(=O)O)[nH]c2ccc(Cl)cc12. The summed E-state index contributed by atoms with van der Waals surface area (Å²) in [5.74, 6) is -0.840. The Kier molecular flexibility index (Phi) is 3.12. The number of carboxylic acids is 1. The van der Waals surface area contributed by atoms with Crippen LogP contribution in [-0.2, 0) is 11.2 Å². The molecule has 0 fully saturated rings. The van der Waals surface area contributed by atoms with E-state index in [-0.39, 0.29) is 6.42 Å². The molecule has 0 saturated carbocycles. The number of nitrogens with one attached hydrogen (secondary N) is 1. The molecule has 84 valence electrons. The molecule has 1 aromatic heterocycles. The van der Waals surface area contributed by atoms with Gasteiger partial charge in [-0.05, 0) is 24.5 Å². The lowest BCUT2D eigenvalue weighted by atomic mass is 10.2. The minimum absolute atomic E-state index is 0.00245. The van der Waals surface area contributed by atoms with Crippen molar-refractivity contribution in [1.29, 1.82) is 0 Å². The van der Waals surface area contributed by atoms with Crippen LogP contribution < -0.4 is 0 Å². The average Bonchev–Trinajstić information content (AvgIpc) is 2.53. The molecule has 16 heavy (non-hydrogen) atoms. The maximum atomic E-state index is 10.7. The average molecular weight is 256 g/mol. The molecule has 0 saturated heterocycles. The third-order valence-corrected chi connectivity index (χ3v) is 3.43. The standard InChI is InChI=1S/C11H10ClNO2S/c1-16-11-7-4-6(12)2-3-8(7)13-9(11)5-10(14)15/h2-4,13H,5H2,1H3,(H,14,15). The Bertz CT molecular complexity index is 550. The first-order chi connectivity index (χ1) is 7.61. The van der Waals surface area contributed by atoms with Crippen molar-refractivity contribution in [2.75, 3.05) is 6.26 Å². The zero-order valence-corrected chi connectivity index (χ0v) is 10.2. The summed E-state index contributed by atoms with van der Waals surface area (Å²) >= 11 is 7.45. The summed E-state index contributed by atoms with van der Waals surface area (Å²) in [5.41, 5.74) is 1.65. The highest BCUT2D eigenvalue weighted by Crippen LogP contribution is 2.32. The number of rotatable bonds is 3. The molecular formula is C11H10ClNO2S. The topological polar surface area (TPSA) is 53.1 Å². The first-order valence-electron chi connectivity index (χ1n) is 4.67. The van der Waals surface area contributed by atoms with Crippen LogP contribution in [0.15, 0.2) is 23.1 Å². The molecule has 0 aliphatic heterocycles. The van der Waals surface area contributed by atoms with E-state index in [1.165, 1.54) is 11.8 Å². The third-order valence-electron chi connectivity index (χ3n) is 2.32. The molecule has 0 aliphatic rings. The van der Waals surface area contributed by atoms with Gasteiger partial charge in [-0.25, -0.2) is 0 Å². The van der Waals surface area contributed by atoms with E-state index >= 15 is 0 Å². The highest BCUT2D eigenvalue weighted by atomic mass is 35.5. The molecule has 0 spiro atoms. The second-order valence-electron chi connectivity index (χ2n) is 3.40. The molecule has 0 radical (unpaired) electrons. The Labute approximate surface area is 102 Å². The normalized spacial score (nSPS) is 10.9. The monoisotopic (exact) mass is 255 g/mol. The number of fused-ring (bicyclic) bond motifs is 1. The summed E-state index contributed by atoms with van der Waals surface area (Å²) in [6.45, 7) is 0. The molecule has 5 heteroatoms. The number of thioether (sulfide) groups is 1. The van der Waals surface area contributed by atoms with Gasteiger partial charge in [-0.2, -0.15) is 0 Å². The van der Waals surface area contributed by atoms with Crippen molar-refractivity contribution in [1.82, 2.24) is 4.98 Å². The number of carboxylic acid groups (broad SMARTS) is 1. The van der Waals surface area contributed by atoms with Gasteiger partial charge in [-0.3, -0.25) is 4.79 Å². The lowest BCUT2D eigenvalue weighted by Crippen LogP contribution is -2.01. The van der Waals surface area contributed by atoms with Crippen LogP contribution >= 0.6 is 23.4 Å². The van der Waals surface area contributed by atoms with Gasteiger partial charge in [-0.1, -0.05) is 11.6 Å². The largest absolute Gasteiger partial charge is 0.481 e.